The molecule has 0 saturated carbocycles. The van der Waals surface area contributed by atoms with E-state index in [0.717, 1.165) is 22.1 Å². The number of halogens is 1. The second-order valence-corrected chi connectivity index (χ2v) is 5.14. The van der Waals surface area contributed by atoms with Crippen LogP contribution in [0.3, 0.4) is 0 Å². The zero-order valence-electron chi connectivity index (χ0n) is 10.7. The van der Waals surface area contributed by atoms with Gasteiger partial charge in [0.05, 0.1) is 6.07 Å². The maximum atomic E-state index is 9.33. The number of hydrogen-bond donors (Lipinski definition) is 1. The highest BCUT2D eigenvalue weighted by atomic mass is 79.9. The summed E-state index contributed by atoms with van der Waals surface area (Å²) >= 11 is 3.48. The lowest BCUT2D eigenvalue weighted by Gasteiger charge is -2.15. The van der Waals surface area contributed by atoms with Gasteiger partial charge in [-0.05, 0) is 45.6 Å². The van der Waals surface area contributed by atoms with Gasteiger partial charge < -0.3 is 5.32 Å². The van der Waals surface area contributed by atoms with Gasteiger partial charge in [0.25, 0.3) is 0 Å². The van der Waals surface area contributed by atoms with Gasteiger partial charge in [-0.3, -0.25) is 0 Å². The van der Waals surface area contributed by atoms with Crippen LogP contribution in [0.25, 0.3) is 0 Å². The molecule has 2 nitrogen and oxygen atoms in total. The molecule has 2 rings (SSSR count). The van der Waals surface area contributed by atoms with Crippen molar-refractivity contribution < 1.29 is 0 Å². The molecule has 0 aromatic heterocycles. The number of nitriles is 1. The molecule has 0 aliphatic carbocycles. The first-order chi connectivity index (χ1) is 9.24. The minimum Gasteiger partial charge on any atom is -0.365 e. The number of nitrogens with one attached hydrogen (secondary N) is 1. The zero-order valence-corrected chi connectivity index (χ0v) is 12.3. The van der Waals surface area contributed by atoms with Gasteiger partial charge in [0.2, 0.25) is 0 Å². The van der Waals surface area contributed by atoms with Crippen molar-refractivity contribution in [1.29, 1.82) is 5.26 Å². The van der Waals surface area contributed by atoms with E-state index in [1.54, 1.807) is 0 Å². The average Bonchev–Trinajstić information content (AvgIpc) is 2.47. The third-order valence-electron chi connectivity index (χ3n) is 3.02. The standard InChI is InChI=1S/C16H15BrN2/c1-2-12-7-9-13(10-8-12)16(11-18)19-15-6-4-3-5-14(15)17/h3-10,16,19H,2H2,1H3. The molecule has 1 unspecified atom stereocenters. The Hall–Kier alpha value is -1.79. The summed E-state index contributed by atoms with van der Waals surface area (Å²) in [6, 6.07) is 17.9. The molecule has 0 radical (unpaired) electrons. The summed E-state index contributed by atoms with van der Waals surface area (Å²) in [4.78, 5) is 0. The Bertz CT molecular complexity index is 584. The lowest BCUT2D eigenvalue weighted by Crippen LogP contribution is -2.08. The molecule has 0 amide bonds. The van der Waals surface area contributed by atoms with Crippen molar-refractivity contribution in [2.24, 2.45) is 0 Å². The summed E-state index contributed by atoms with van der Waals surface area (Å²) in [5, 5.41) is 12.6. The Balaban J connectivity index is 2.21. The van der Waals surface area contributed by atoms with Gasteiger partial charge in [0.1, 0.15) is 6.04 Å². The molecule has 19 heavy (non-hydrogen) atoms. The maximum Gasteiger partial charge on any atom is 0.140 e. The first-order valence-corrected chi connectivity index (χ1v) is 7.03. The Morgan fingerprint density at radius 1 is 1.16 bits per heavy atom. The summed E-state index contributed by atoms with van der Waals surface area (Å²) in [6.45, 7) is 2.12. The van der Waals surface area contributed by atoms with Crippen LogP contribution in [0.2, 0.25) is 0 Å². The topological polar surface area (TPSA) is 35.8 Å². The monoisotopic (exact) mass is 314 g/mol. The second-order valence-electron chi connectivity index (χ2n) is 4.28. The van der Waals surface area contributed by atoms with Gasteiger partial charge in [-0.15, -0.1) is 0 Å². The van der Waals surface area contributed by atoms with Crippen LogP contribution < -0.4 is 5.32 Å². The van der Waals surface area contributed by atoms with Gasteiger partial charge in [0.15, 0.2) is 0 Å². The number of benzene rings is 2. The minimum atomic E-state index is -0.343. The van der Waals surface area contributed by atoms with Crippen LogP contribution in [-0.2, 0) is 6.42 Å². The van der Waals surface area contributed by atoms with E-state index in [-0.39, 0.29) is 6.04 Å². The fourth-order valence-corrected chi connectivity index (χ4v) is 2.27. The van der Waals surface area contributed by atoms with Crippen molar-refractivity contribution in [2.75, 3.05) is 5.32 Å². The number of para-hydroxylation sites is 1. The normalized spacial score (nSPS) is 11.6. The number of anilines is 1. The number of aryl methyl sites for hydroxylation is 1. The third kappa shape index (κ3) is 3.36. The molecule has 0 saturated heterocycles. The minimum absolute atomic E-state index is 0.343. The molecule has 2 aromatic carbocycles. The van der Waals surface area contributed by atoms with Crippen molar-refractivity contribution in [3.8, 4) is 6.07 Å². The van der Waals surface area contributed by atoms with Crippen LogP contribution in [0.15, 0.2) is 53.0 Å². The fourth-order valence-electron chi connectivity index (χ4n) is 1.87. The summed E-state index contributed by atoms with van der Waals surface area (Å²) in [5.74, 6) is 0. The van der Waals surface area contributed by atoms with E-state index in [1.807, 2.05) is 36.4 Å². The van der Waals surface area contributed by atoms with E-state index in [9.17, 15) is 5.26 Å². The molecule has 0 aliphatic heterocycles. The smallest absolute Gasteiger partial charge is 0.140 e. The van der Waals surface area contributed by atoms with Crippen LogP contribution in [0.5, 0.6) is 0 Å². The largest absolute Gasteiger partial charge is 0.365 e. The zero-order chi connectivity index (χ0) is 13.7. The quantitative estimate of drug-likeness (QED) is 0.888. The highest BCUT2D eigenvalue weighted by molar-refractivity contribution is 9.10. The fraction of sp³-hybridized carbons (Fsp3) is 0.188. The predicted octanol–water partition coefficient (Wildman–Crippen LogP) is 4.69. The van der Waals surface area contributed by atoms with Crippen molar-refractivity contribution in [3.05, 3.63) is 64.1 Å². The lowest BCUT2D eigenvalue weighted by atomic mass is 10.0. The molecule has 0 spiro atoms. The van der Waals surface area contributed by atoms with Crippen LogP contribution >= 0.6 is 15.9 Å². The van der Waals surface area contributed by atoms with E-state index in [0.29, 0.717) is 0 Å². The van der Waals surface area contributed by atoms with Gasteiger partial charge in [-0.1, -0.05) is 43.3 Å². The molecule has 3 heteroatoms. The first kappa shape index (κ1) is 13.6. The van der Waals surface area contributed by atoms with Gasteiger partial charge in [-0.2, -0.15) is 5.26 Å². The Kier molecular flexibility index (Phi) is 4.59. The Morgan fingerprint density at radius 2 is 1.84 bits per heavy atom. The van der Waals surface area contributed by atoms with Crippen LogP contribution in [0.1, 0.15) is 24.1 Å². The van der Waals surface area contributed by atoms with E-state index in [4.69, 9.17) is 0 Å². The van der Waals surface area contributed by atoms with E-state index in [2.05, 4.69) is 46.4 Å². The van der Waals surface area contributed by atoms with Gasteiger partial charge >= 0.3 is 0 Å². The van der Waals surface area contributed by atoms with E-state index in [1.165, 1.54) is 5.56 Å². The van der Waals surface area contributed by atoms with Gasteiger partial charge in [0, 0.05) is 10.2 Å². The molecule has 1 N–H and O–H groups in total. The molecule has 0 aliphatic rings. The molecule has 0 bridgehead atoms. The van der Waals surface area contributed by atoms with Crippen molar-refractivity contribution in [2.45, 2.75) is 19.4 Å². The summed E-state index contributed by atoms with van der Waals surface area (Å²) in [5.41, 5.74) is 3.19. The summed E-state index contributed by atoms with van der Waals surface area (Å²) < 4.78 is 0.959. The average molecular weight is 315 g/mol. The van der Waals surface area contributed by atoms with Crippen molar-refractivity contribution in [1.82, 2.24) is 0 Å². The molecule has 1 atom stereocenters. The van der Waals surface area contributed by atoms with Crippen LogP contribution in [0, 0.1) is 11.3 Å². The lowest BCUT2D eigenvalue weighted by molar-refractivity contribution is 0.990. The second kappa shape index (κ2) is 6.40. The number of nitrogens with zero attached hydrogens (tertiary/aromatic N) is 1. The SMILES string of the molecule is CCc1ccc(C(C#N)Nc2ccccc2Br)cc1. The predicted molar refractivity (Wildman–Crippen MR) is 81.9 cm³/mol. The highest BCUT2D eigenvalue weighted by Gasteiger charge is 2.11. The molecule has 0 heterocycles. The molecule has 0 fully saturated rings. The molecular formula is C16H15BrN2. The number of hydrogen-bond acceptors (Lipinski definition) is 2. The third-order valence-corrected chi connectivity index (χ3v) is 3.72. The molecule has 2 aromatic rings. The first-order valence-electron chi connectivity index (χ1n) is 6.24. The van der Waals surface area contributed by atoms with Crippen molar-refractivity contribution >= 4 is 21.6 Å². The summed E-state index contributed by atoms with van der Waals surface area (Å²) in [6.07, 6.45) is 1.01. The highest BCUT2D eigenvalue weighted by Crippen LogP contribution is 2.26. The van der Waals surface area contributed by atoms with Gasteiger partial charge in [-0.25, -0.2) is 0 Å². The summed E-state index contributed by atoms with van der Waals surface area (Å²) in [7, 11) is 0. The van der Waals surface area contributed by atoms with Crippen LogP contribution in [0.4, 0.5) is 5.69 Å². The van der Waals surface area contributed by atoms with E-state index < -0.39 is 0 Å². The number of rotatable bonds is 4. The Labute approximate surface area is 122 Å². The van der Waals surface area contributed by atoms with E-state index >= 15 is 0 Å². The maximum absolute atomic E-state index is 9.33. The van der Waals surface area contributed by atoms with Crippen molar-refractivity contribution in [3.63, 3.8) is 0 Å². The molecular weight excluding hydrogens is 300 g/mol. The van der Waals surface area contributed by atoms with Crippen LogP contribution in [-0.4, -0.2) is 0 Å². The molecule has 96 valence electrons. The Morgan fingerprint density at radius 3 is 2.42 bits per heavy atom.